The van der Waals surface area contributed by atoms with Gasteiger partial charge in [-0.2, -0.15) is 0 Å². The Bertz CT molecular complexity index is 1010. The lowest BCUT2D eigenvalue weighted by Crippen LogP contribution is -2.54. The van der Waals surface area contributed by atoms with Gasteiger partial charge in [0, 0.05) is 23.5 Å². The third-order valence-electron chi connectivity index (χ3n) is 6.62. The van der Waals surface area contributed by atoms with E-state index in [0.29, 0.717) is 30.8 Å². The number of likely N-dealkylation sites (tertiary alicyclic amines) is 1. The molecule has 0 unspecified atom stereocenters. The number of hydrogen-bond donors (Lipinski definition) is 1. The van der Waals surface area contributed by atoms with Crippen molar-refractivity contribution >= 4 is 23.2 Å². The number of nitrogens with zero attached hydrogens (tertiary/aromatic N) is 1. The summed E-state index contributed by atoms with van der Waals surface area (Å²) in [6.45, 7) is 10.6. The number of carbonyl (C=O) groups is 2. The SMILES string of the molecule is COC[C@H]1C[C@@](CC(C)C)(C(=O)O)N(C(=O)c2ccc(C(C)(C)C)c(OC)c2)[C@H]1c1cccs1. The maximum absolute atomic E-state index is 14.2. The van der Waals surface area contributed by atoms with Gasteiger partial charge in [0.2, 0.25) is 0 Å². The van der Waals surface area contributed by atoms with Gasteiger partial charge in [0.1, 0.15) is 11.3 Å². The van der Waals surface area contributed by atoms with Crippen LogP contribution in [0, 0.1) is 11.8 Å². The Morgan fingerprint density at radius 2 is 1.94 bits per heavy atom. The first kappa shape index (κ1) is 26.2. The van der Waals surface area contributed by atoms with Crippen molar-refractivity contribution in [2.75, 3.05) is 20.8 Å². The molecule has 1 aromatic heterocycles. The Labute approximate surface area is 206 Å². The number of methoxy groups -OCH3 is 2. The van der Waals surface area contributed by atoms with Crippen molar-refractivity contribution in [2.24, 2.45) is 11.8 Å². The van der Waals surface area contributed by atoms with Crippen LogP contribution in [-0.4, -0.2) is 48.2 Å². The number of thiophene rings is 1. The Morgan fingerprint density at radius 3 is 2.44 bits per heavy atom. The lowest BCUT2D eigenvalue weighted by molar-refractivity contribution is -0.150. The molecular weight excluding hydrogens is 450 g/mol. The van der Waals surface area contributed by atoms with Gasteiger partial charge in [-0.15, -0.1) is 11.3 Å². The predicted octanol–water partition coefficient (Wildman–Crippen LogP) is 5.77. The number of rotatable bonds is 8. The van der Waals surface area contributed by atoms with E-state index in [9.17, 15) is 14.7 Å². The van der Waals surface area contributed by atoms with Crippen LogP contribution in [-0.2, 0) is 14.9 Å². The van der Waals surface area contributed by atoms with E-state index in [1.54, 1.807) is 42.6 Å². The van der Waals surface area contributed by atoms with Crippen molar-refractivity contribution in [1.29, 1.82) is 0 Å². The van der Waals surface area contributed by atoms with Crippen LogP contribution in [0.5, 0.6) is 5.75 Å². The van der Waals surface area contributed by atoms with E-state index in [-0.39, 0.29) is 29.2 Å². The third-order valence-corrected chi connectivity index (χ3v) is 7.56. The number of carbonyl (C=O) groups excluding carboxylic acids is 1. The highest BCUT2D eigenvalue weighted by Gasteiger charge is 2.59. The van der Waals surface area contributed by atoms with Gasteiger partial charge in [-0.1, -0.05) is 46.8 Å². The molecule has 2 aromatic rings. The smallest absolute Gasteiger partial charge is 0.329 e. The van der Waals surface area contributed by atoms with Crippen LogP contribution < -0.4 is 4.74 Å². The molecule has 0 spiro atoms. The first-order chi connectivity index (χ1) is 16.0. The topological polar surface area (TPSA) is 76.1 Å². The molecule has 6 nitrogen and oxygen atoms in total. The second kappa shape index (κ2) is 10.1. The van der Waals surface area contributed by atoms with E-state index in [4.69, 9.17) is 9.47 Å². The summed E-state index contributed by atoms with van der Waals surface area (Å²) in [5, 5.41) is 12.5. The average Bonchev–Trinajstić information content (AvgIpc) is 3.38. The molecule has 1 N–H and O–H groups in total. The molecule has 1 amide bonds. The number of carboxylic acids is 1. The molecule has 1 aliphatic heterocycles. The maximum atomic E-state index is 14.2. The Kier molecular flexibility index (Phi) is 7.78. The van der Waals surface area contributed by atoms with Gasteiger partial charge in [0.05, 0.1) is 19.8 Å². The standard InChI is InChI=1S/C27H37NO5S/c1-17(2)14-27(25(30)31)15-19(16-32-6)23(22-9-8-12-34-22)28(27)24(29)18-10-11-20(26(3,4)5)21(13-18)33-7/h8-13,17,19,23H,14-16H2,1-7H3,(H,30,31)/t19-,23-,27+/m1/s1. The zero-order valence-electron chi connectivity index (χ0n) is 21.3. The first-order valence-electron chi connectivity index (χ1n) is 11.7. The summed E-state index contributed by atoms with van der Waals surface area (Å²) < 4.78 is 11.2. The van der Waals surface area contributed by atoms with Crippen LogP contribution in [0.15, 0.2) is 35.7 Å². The summed E-state index contributed by atoms with van der Waals surface area (Å²) in [4.78, 5) is 29.7. The van der Waals surface area contributed by atoms with Gasteiger partial charge in [0.25, 0.3) is 5.91 Å². The van der Waals surface area contributed by atoms with Crippen molar-refractivity contribution in [2.45, 2.75) is 64.5 Å². The summed E-state index contributed by atoms with van der Waals surface area (Å²) >= 11 is 1.54. The molecule has 0 bridgehead atoms. The fraction of sp³-hybridized carbons (Fsp3) is 0.556. The molecule has 34 heavy (non-hydrogen) atoms. The number of amides is 1. The lowest BCUT2D eigenvalue weighted by atomic mass is 9.83. The molecule has 3 rings (SSSR count). The molecule has 2 heterocycles. The van der Waals surface area contributed by atoms with Crippen LogP contribution in [0.3, 0.4) is 0 Å². The summed E-state index contributed by atoms with van der Waals surface area (Å²) in [7, 11) is 3.22. The Balaban J connectivity index is 2.19. The molecule has 1 aromatic carbocycles. The third kappa shape index (κ3) is 4.86. The molecule has 1 aliphatic rings. The van der Waals surface area contributed by atoms with Gasteiger partial charge in [0.15, 0.2) is 0 Å². The van der Waals surface area contributed by atoms with Crippen LogP contribution in [0.1, 0.15) is 74.3 Å². The van der Waals surface area contributed by atoms with E-state index in [0.717, 1.165) is 10.4 Å². The highest BCUT2D eigenvalue weighted by atomic mass is 32.1. The minimum absolute atomic E-state index is 0.0921. The van der Waals surface area contributed by atoms with E-state index >= 15 is 0 Å². The van der Waals surface area contributed by atoms with Gasteiger partial charge >= 0.3 is 5.97 Å². The summed E-state index contributed by atoms with van der Waals surface area (Å²) in [5.41, 5.74) is -0.0592. The molecule has 0 aliphatic carbocycles. The zero-order valence-corrected chi connectivity index (χ0v) is 22.1. The molecule has 0 saturated carbocycles. The van der Waals surface area contributed by atoms with Crippen molar-refractivity contribution in [1.82, 2.24) is 4.90 Å². The minimum Gasteiger partial charge on any atom is -0.496 e. The van der Waals surface area contributed by atoms with E-state index in [1.165, 1.54) is 0 Å². The molecule has 7 heteroatoms. The van der Waals surface area contributed by atoms with Crippen molar-refractivity contribution < 1.29 is 24.2 Å². The average molecular weight is 488 g/mol. The van der Waals surface area contributed by atoms with Crippen molar-refractivity contribution in [3.8, 4) is 5.75 Å². The summed E-state index contributed by atoms with van der Waals surface area (Å²) in [6.07, 6.45) is 0.716. The second-order valence-electron chi connectivity index (χ2n) is 10.7. The van der Waals surface area contributed by atoms with E-state index in [2.05, 4.69) is 20.8 Å². The van der Waals surface area contributed by atoms with Gasteiger partial charge in [-0.3, -0.25) is 4.79 Å². The lowest BCUT2D eigenvalue weighted by Gasteiger charge is -2.39. The fourth-order valence-electron chi connectivity index (χ4n) is 5.34. The highest BCUT2D eigenvalue weighted by Crippen LogP contribution is 2.51. The number of ether oxygens (including phenoxy) is 2. The number of carboxylic acid groups (broad SMARTS) is 1. The number of aliphatic carboxylic acids is 1. The summed E-state index contributed by atoms with van der Waals surface area (Å²) in [5.74, 6) is -0.664. The zero-order chi connectivity index (χ0) is 25.3. The van der Waals surface area contributed by atoms with Crippen molar-refractivity contribution in [3.05, 3.63) is 51.7 Å². The number of benzene rings is 1. The molecule has 1 saturated heterocycles. The molecule has 186 valence electrons. The quantitative estimate of drug-likeness (QED) is 0.511. The van der Waals surface area contributed by atoms with Gasteiger partial charge < -0.3 is 19.5 Å². The van der Waals surface area contributed by atoms with Crippen molar-refractivity contribution in [3.63, 3.8) is 0 Å². The highest BCUT2D eigenvalue weighted by molar-refractivity contribution is 7.10. The molecule has 3 atom stereocenters. The Hall–Kier alpha value is -2.38. The molecule has 1 fully saturated rings. The van der Waals surface area contributed by atoms with E-state index < -0.39 is 11.5 Å². The number of hydrogen-bond acceptors (Lipinski definition) is 5. The normalized spacial score (nSPS) is 22.9. The Morgan fingerprint density at radius 1 is 1.24 bits per heavy atom. The minimum atomic E-state index is -1.32. The maximum Gasteiger partial charge on any atom is 0.329 e. The first-order valence-corrected chi connectivity index (χ1v) is 12.6. The molecular formula is C27H37NO5S. The van der Waals surface area contributed by atoms with Crippen LogP contribution >= 0.6 is 11.3 Å². The van der Waals surface area contributed by atoms with Crippen LogP contribution in [0.25, 0.3) is 0 Å². The predicted molar refractivity (Wildman–Crippen MR) is 135 cm³/mol. The monoisotopic (exact) mass is 487 g/mol. The molecule has 0 radical (unpaired) electrons. The van der Waals surface area contributed by atoms with E-state index in [1.807, 2.05) is 37.4 Å². The van der Waals surface area contributed by atoms with Gasteiger partial charge in [-0.05, 0) is 53.3 Å². The van der Waals surface area contributed by atoms with Crippen LogP contribution in [0.4, 0.5) is 0 Å². The largest absolute Gasteiger partial charge is 0.496 e. The van der Waals surface area contributed by atoms with Gasteiger partial charge in [-0.25, -0.2) is 4.79 Å². The van der Waals surface area contributed by atoms with Crippen LogP contribution in [0.2, 0.25) is 0 Å². The summed E-state index contributed by atoms with van der Waals surface area (Å²) in [6, 6.07) is 9.00. The fourth-order valence-corrected chi connectivity index (χ4v) is 6.25. The second-order valence-corrected chi connectivity index (χ2v) is 11.6.